The summed E-state index contributed by atoms with van der Waals surface area (Å²) in [5, 5.41) is 6.94. The molecule has 2 N–H and O–H groups in total. The average molecular weight is 296 g/mol. The maximum absolute atomic E-state index is 4.68. The monoisotopic (exact) mass is 296 g/mol. The van der Waals surface area contributed by atoms with Crippen molar-refractivity contribution in [2.75, 3.05) is 25.0 Å². The molecule has 0 bridgehead atoms. The van der Waals surface area contributed by atoms with E-state index >= 15 is 0 Å². The molecule has 0 radical (unpaired) electrons. The summed E-state index contributed by atoms with van der Waals surface area (Å²) in [5.74, 6) is 2.41. The maximum atomic E-state index is 4.68. The summed E-state index contributed by atoms with van der Waals surface area (Å²) in [6.07, 6.45) is 2.55. The molecule has 1 saturated heterocycles. The van der Waals surface area contributed by atoms with E-state index in [4.69, 9.17) is 0 Å². The number of aryl methyl sites for hydroxylation is 2. The van der Waals surface area contributed by atoms with Gasteiger partial charge in [-0.05, 0) is 45.7 Å². The van der Waals surface area contributed by atoms with Crippen LogP contribution in [0.1, 0.15) is 24.1 Å². The first-order valence-corrected chi connectivity index (χ1v) is 8.08. The molecule has 1 aromatic heterocycles. The van der Waals surface area contributed by atoms with Crippen molar-refractivity contribution in [1.29, 1.82) is 0 Å². The van der Waals surface area contributed by atoms with E-state index in [-0.39, 0.29) is 0 Å². The molecule has 22 heavy (non-hydrogen) atoms. The molecule has 1 fully saturated rings. The Kier molecular flexibility index (Phi) is 4.68. The van der Waals surface area contributed by atoms with Crippen molar-refractivity contribution in [2.45, 2.75) is 26.7 Å². The predicted molar refractivity (Wildman–Crippen MR) is 91.0 cm³/mol. The SMILES string of the molecule is Cc1ccc(-c2nc(C)cc(NCC3CCCNC3)n2)cc1. The van der Waals surface area contributed by atoms with Crippen molar-refractivity contribution in [3.63, 3.8) is 0 Å². The number of hydrogen-bond acceptors (Lipinski definition) is 4. The number of nitrogens with zero attached hydrogens (tertiary/aromatic N) is 2. The fourth-order valence-corrected chi connectivity index (χ4v) is 2.84. The van der Waals surface area contributed by atoms with E-state index in [0.717, 1.165) is 42.5 Å². The molecule has 4 heteroatoms. The minimum atomic E-state index is 0.687. The molecule has 4 nitrogen and oxygen atoms in total. The van der Waals surface area contributed by atoms with Gasteiger partial charge in [0.15, 0.2) is 5.82 Å². The maximum Gasteiger partial charge on any atom is 0.161 e. The number of rotatable bonds is 4. The molecular weight excluding hydrogens is 272 g/mol. The summed E-state index contributed by atoms with van der Waals surface area (Å²) in [7, 11) is 0. The first kappa shape index (κ1) is 15.0. The van der Waals surface area contributed by atoms with Gasteiger partial charge in [0.05, 0.1) is 0 Å². The zero-order chi connectivity index (χ0) is 15.4. The van der Waals surface area contributed by atoms with Crippen LogP contribution in [0.2, 0.25) is 0 Å². The van der Waals surface area contributed by atoms with Crippen LogP contribution in [0.4, 0.5) is 5.82 Å². The largest absolute Gasteiger partial charge is 0.370 e. The highest BCUT2D eigenvalue weighted by atomic mass is 15.0. The third-order valence-electron chi connectivity index (χ3n) is 4.13. The second kappa shape index (κ2) is 6.88. The summed E-state index contributed by atoms with van der Waals surface area (Å²) < 4.78 is 0. The van der Waals surface area contributed by atoms with Crippen LogP contribution in [0.25, 0.3) is 11.4 Å². The van der Waals surface area contributed by atoms with Gasteiger partial charge in [-0.25, -0.2) is 9.97 Å². The Morgan fingerprint density at radius 1 is 1.18 bits per heavy atom. The zero-order valence-corrected chi connectivity index (χ0v) is 13.4. The normalized spacial score (nSPS) is 18.2. The van der Waals surface area contributed by atoms with Gasteiger partial charge < -0.3 is 10.6 Å². The van der Waals surface area contributed by atoms with E-state index in [9.17, 15) is 0 Å². The summed E-state index contributed by atoms with van der Waals surface area (Å²) >= 11 is 0. The molecule has 1 atom stereocenters. The van der Waals surface area contributed by atoms with E-state index in [1.165, 1.54) is 18.4 Å². The molecule has 0 aliphatic carbocycles. The summed E-state index contributed by atoms with van der Waals surface area (Å²) in [6, 6.07) is 10.4. The van der Waals surface area contributed by atoms with Gasteiger partial charge in [-0.1, -0.05) is 29.8 Å². The van der Waals surface area contributed by atoms with E-state index in [2.05, 4.69) is 51.8 Å². The smallest absolute Gasteiger partial charge is 0.161 e. The van der Waals surface area contributed by atoms with E-state index in [1.54, 1.807) is 0 Å². The lowest BCUT2D eigenvalue weighted by Gasteiger charge is -2.23. The van der Waals surface area contributed by atoms with Crippen LogP contribution in [0.5, 0.6) is 0 Å². The Morgan fingerprint density at radius 2 is 2.00 bits per heavy atom. The van der Waals surface area contributed by atoms with Gasteiger partial charge in [0.2, 0.25) is 0 Å². The van der Waals surface area contributed by atoms with E-state index < -0.39 is 0 Å². The summed E-state index contributed by atoms with van der Waals surface area (Å²) in [6.45, 7) is 7.33. The van der Waals surface area contributed by atoms with Crippen molar-refractivity contribution in [2.24, 2.45) is 5.92 Å². The molecule has 1 aromatic carbocycles. The Morgan fingerprint density at radius 3 is 2.73 bits per heavy atom. The van der Waals surface area contributed by atoms with E-state index in [0.29, 0.717) is 5.92 Å². The molecule has 3 rings (SSSR count). The number of aromatic nitrogens is 2. The van der Waals surface area contributed by atoms with Gasteiger partial charge in [0.25, 0.3) is 0 Å². The Balaban J connectivity index is 1.73. The highest BCUT2D eigenvalue weighted by Gasteiger charge is 2.13. The Bertz CT molecular complexity index is 615. The van der Waals surface area contributed by atoms with Crippen LogP contribution in [0.15, 0.2) is 30.3 Å². The molecule has 2 heterocycles. The van der Waals surface area contributed by atoms with Crippen molar-refractivity contribution < 1.29 is 0 Å². The highest BCUT2D eigenvalue weighted by molar-refractivity contribution is 5.58. The Labute approximate surface area is 132 Å². The first-order chi connectivity index (χ1) is 10.7. The van der Waals surface area contributed by atoms with Gasteiger partial charge in [0.1, 0.15) is 5.82 Å². The number of piperidine rings is 1. The number of anilines is 1. The standard InChI is InChI=1S/C18H24N4/c1-13-5-7-16(8-6-13)18-21-14(2)10-17(22-18)20-12-15-4-3-9-19-11-15/h5-8,10,15,19H,3-4,9,11-12H2,1-2H3,(H,20,21,22). The van der Waals surface area contributed by atoms with Crippen LogP contribution >= 0.6 is 0 Å². The second-order valence-corrected chi connectivity index (χ2v) is 6.18. The quantitative estimate of drug-likeness (QED) is 0.910. The lowest BCUT2D eigenvalue weighted by atomic mass is 10.00. The van der Waals surface area contributed by atoms with Gasteiger partial charge in [-0.2, -0.15) is 0 Å². The van der Waals surface area contributed by atoms with Crippen LogP contribution in [-0.4, -0.2) is 29.6 Å². The molecule has 1 unspecified atom stereocenters. The molecule has 116 valence electrons. The van der Waals surface area contributed by atoms with Crippen molar-refractivity contribution in [3.05, 3.63) is 41.6 Å². The van der Waals surface area contributed by atoms with Crippen molar-refractivity contribution in [3.8, 4) is 11.4 Å². The first-order valence-electron chi connectivity index (χ1n) is 8.08. The summed E-state index contributed by atoms with van der Waals surface area (Å²) in [4.78, 5) is 9.24. The third kappa shape index (κ3) is 3.83. The van der Waals surface area contributed by atoms with E-state index in [1.807, 2.05) is 13.0 Å². The van der Waals surface area contributed by atoms with Crippen LogP contribution in [0, 0.1) is 19.8 Å². The topological polar surface area (TPSA) is 49.8 Å². The summed E-state index contributed by atoms with van der Waals surface area (Å²) in [5.41, 5.74) is 3.31. The highest BCUT2D eigenvalue weighted by Crippen LogP contribution is 2.19. The van der Waals surface area contributed by atoms with Gasteiger partial charge in [-0.15, -0.1) is 0 Å². The lowest BCUT2D eigenvalue weighted by molar-refractivity contribution is 0.392. The van der Waals surface area contributed by atoms with Gasteiger partial charge in [-0.3, -0.25) is 0 Å². The van der Waals surface area contributed by atoms with Crippen LogP contribution < -0.4 is 10.6 Å². The fraction of sp³-hybridized carbons (Fsp3) is 0.444. The Hall–Kier alpha value is -1.94. The fourth-order valence-electron chi connectivity index (χ4n) is 2.84. The van der Waals surface area contributed by atoms with Crippen LogP contribution in [-0.2, 0) is 0 Å². The molecule has 0 spiro atoms. The van der Waals surface area contributed by atoms with Crippen molar-refractivity contribution >= 4 is 5.82 Å². The third-order valence-corrected chi connectivity index (χ3v) is 4.13. The minimum Gasteiger partial charge on any atom is -0.370 e. The zero-order valence-electron chi connectivity index (χ0n) is 13.4. The van der Waals surface area contributed by atoms with Crippen molar-refractivity contribution in [1.82, 2.24) is 15.3 Å². The number of nitrogens with one attached hydrogen (secondary N) is 2. The van der Waals surface area contributed by atoms with Crippen LogP contribution in [0.3, 0.4) is 0 Å². The lowest BCUT2D eigenvalue weighted by Crippen LogP contribution is -2.33. The molecule has 1 aliphatic heterocycles. The molecule has 1 aliphatic rings. The van der Waals surface area contributed by atoms with Gasteiger partial charge >= 0.3 is 0 Å². The predicted octanol–water partition coefficient (Wildman–Crippen LogP) is 3.17. The number of benzene rings is 1. The average Bonchev–Trinajstić information content (AvgIpc) is 2.54. The molecule has 0 saturated carbocycles. The number of hydrogen-bond donors (Lipinski definition) is 2. The molecular formula is C18H24N4. The molecule has 0 amide bonds. The second-order valence-electron chi connectivity index (χ2n) is 6.18. The minimum absolute atomic E-state index is 0.687. The van der Waals surface area contributed by atoms with Gasteiger partial charge in [0, 0.05) is 23.9 Å². The molecule has 2 aromatic rings.